The molecule has 0 fully saturated rings. The van der Waals surface area contributed by atoms with Crippen molar-refractivity contribution < 1.29 is 9.53 Å². The summed E-state index contributed by atoms with van der Waals surface area (Å²) < 4.78 is 7.86. The molecule has 0 aliphatic carbocycles. The molecule has 0 N–H and O–H groups in total. The van der Waals surface area contributed by atoms with Gasteiger partial charge in [0.2, 0.25) is 0 Å². The lowest BCUT2D eigenvalue weighted by Crippen LogP contribution is -2.14. The number of halogens is 2. The van der Waals surface area contributed by atoms with Crippen molar-refractivity contribution in [1.29, 1.82) is 0 Å². The standard InChI is InChI=1S/C18H16Cl2N2O2S/c1-10-8-11(4-7-14(10)24-3)9-15(23)21-18-22(2)16-12(19)5-6-13(20)17(16)25-18/h4-8H,9H2,1-3H3. The highest BCUT2D eigenvalue weighted by Gasteiger charge is 2.12. The monoisotopic (exact) mass is 394 g/mol. The van der Waals surface area contributed by atoms with Crippen LogP contribution in [0, 0.1) is 6.92 Å². The second kappa shape index (κ2) is 7.20. The maximum atomic E-state index is 12.4. The molecule has 2 aromatic carbocycles. The zero-order valence-electron chi connectivity index (χ0n) is 14.0. The van der Waals surface area contributed by atoms with Gasteiger partial charge in [-0.1, -0.05) is 46.7 Å². The van der Waals surface area contributed by atoms with Crippen molar-refractivity contribution in [3.63, 3.8) is 0 Å². The molecule has 3 rings (SSSR count). The molecular weight excluding hydrogens is 379 g/mol. The molecule has 3 aromatic rings. The second-order valence-corrected chi connectivity index (χ2v) is 7.43. The van der Waals surface area contributed by atoms with E-state index in [1.807, 2.05) is 32.2 Å². The van der Waals surface area contributed by atoms with Gasteiger partial charge in [-0.3, -0.25) is 4.79 Å². The number of methoxy groups -OCH3 is 1. The van der Waals surface area contributed by atoms with Gasteiger partial charge in [-0.15, -0.1) is 0 Å². The highest BCUT2D eigenvalue weighted by molar-refractivity contribution is 7.17. The summed E-state index contributed by atoms with van der Waals surface area (Å²) in [6.07, 6.45) is 0.223. The molecule has 0 atom stereocenters. The van der Waals surface area contributed by atoms with Crippen LogP contribution in [0.4, 0.5) is 0 Å². The Morgan fingerprint density at radius 1 is 1.24 bits per heavy atom. The topological polar surface area (TPSA) is 43.6 Å². The maximum Gasteiger partial charge on any atom is 0.252 e. The number of thiazole rings is 1. The fraction of sp³-hybridized carbons (Fsp3) is 0.222. The molecule has 0 saturated carbocycles. The number of benzene rings is 2. The second-order valence-electron chi connectivity index (χ2n) is 5.64. The number of aromatic nitrogens is 1. The molecular formula is C18H16Cl2N2O2S. The van der Waals surface area contributed by atoms with E-state index in [-0.39, 0.29) is 12.3 Å². The van der Waals surface area contributed by atoms with Crippen LogP contribution in [0.15, 0.2) is 35.3 Å². The Labute approximate surface area is 159 Å². The van der Waals surface area contributed by atoms with Crippen molar-refractivity contribution in [3.05, 3.63) is 56.3 Å². The Balaban J connectivity index is 1.95. The van der Waals surface area contributed by atoms with Crippen molar-refractivity contribution in [2.75, 3.05) is 7.11 Å². The minimum atomic E-state index is -0.223. The number of ether oxygens (including phenoxy) is 1. The van der Waals surface area contributed by atoms with E-state index in [0.717, 1.165) is 27.1 Å². The predicted octanol–water partition coefficient (Wildman–Crippen LogP) is 4.53. The van der Waals surface area contributed by atoms with Gasteiger partial charge in [0.25, 0.3) is 5.91 Å². The molecule has 0 aliphatic heterocycles. The van der Waals surface area contributed by atoms with Crippen molar-refractivity contribution in [2.24, 2.45) is 12.0 Å². The summed E-state index contributed by atoms with van der Waals surface area (Å²) in [5, 5.41) is 1.18. The molecule has 4 nitrogen and oxygen atoms in total. The zero-order valence-corrected chi connectivity index (χ0v) is 16.3. The quantitative estimate of drug-likeness (QED) is 0.654. The van der Waals surface area contributed by atoms with Crippen molar-refractivity contribution in [1.82, 2.24) is 4.57 Å². The minimum Gasteiger partial charge on any atom is -0.496 e. The first-order chi connectivity index (χ1) is 11.9. The summed E-state index contributed by atoms with van der Waals surface area (Å²) in [7, 11) is 3.45. The molecule has 1 aromatic heterocycles. The largest absolute Gasteiger partial charge is 0.496 e. The van der Waals surface area contributed by atoms with Crippen molar-refractivity contribution in [3.8, 4) is 5.75 Å². The van der Waals surface area contributed by atoms with E-state index in [4.69, 9.17) is 27.9 Å². The first kappa shape index (κ1) is 18.0. The number of aryl methyl sites for hydroxylation is 2. The van der Waals surface area contributed by atoms with Gasteiger partial charge in [-0.2, -0.15) is 4.99 Å². The zero-order chi connectivity index (χ0) is 18.1. The minimum absolute atomic E-state index is 0.223. The number of carbonyl (C=O) groups is 1. The van der Waals surface area contributed by atoms with Crippen LogP contribution in [0.1, 0.15) is 11.1 Å². The molecule has 0 spiro atoms. The molecule has 25 heavy (non-hydrogen) atoms. The number of nitrogens with zero attached hydrogens (tertiary/aromatic N) is 2. The van der Waals surface area contributed by atoms with Crippen LogP contribution in [-0.4, -0.2) is 17.6 Å². The van der Waals surface area contributed by atoms with E-state index in [9.17, 15) is 4.79 Å². The van der Waals surface area contributed by atoms with Crippen LogP contribution in [0.25, 0.3) is 10.2 Å². The third-order valence-electron chi connectivity index (χ3n) is 3.88. The number of rotatable bonds is 3. The molecule has 7 heteroatoms. The maximum absolute atomic E-state index is 12.4. The van der Waals surface area contributed by atoms with E-state index >= 15 is 0 Å². The Bertz CT molecular complexity index is 1040. The average Bonchev–Trinajstić information content (AvgIpc) is 2.89. The lowest BCUT2D eigenvalue weighted by molar-refractivity contribution is -0.117. The fourth-order valence-electron chi connectivity index (χ4n) is 2.66. The van der Waals surface area contributed by atoms with Gasteiger partial charge in [0, 0.05) is 7.05 Å². The molecule has 1 amide bonds. The summed E-state index contributed by atoms with van der Waals surface area (Å²) in [5.41, 5.74) is 2.66. The Morgan fingerprint density at radius 3 is 2.60 bits per heavy atom. The smallest absolute Gasteiger partial charge is 0.252 e. The fourth-order valence-corrected chi connectivity index (χ4v) is 4.33. The normalized spacial score (nSPS) is 12.0. The van der Waals surface area contributed by atoms with Gasteiger partial charge in [0.05, 0.1) is 33.8 Å². The van der Waals surface area contributed by atoms with E-state index in [1.165, 1.54) is 11.3 Å². The molecule has 0 bridgehead atoms. The average molecular weight is 395 g/mol. The van der Waals surface area contributed by atoms with Gasteiger partial charge in [0.1, 0.15) is 5.75 Å². The molecule has 0 saturated heterocycles. The van der Waals surface area contributed by atoms with E-state index in [0.29, 0.717) is 14.8 Å². The Morgan fingerprint density at radius 2 is 1.96 bits per heavy atom. The number of carbonyl (C=O) groups excluding carboxylic acids is 1. The van der Waals surface area contributed by atoms with Crippen LogP contribution in [0.5, 0.6) is 5.75 Å². The molecule has 0 unspecified atom stereocenters. The van der Waals surface area contributed by atoms with Gasteiger partial charge in [-0.25, -0.2) is 0 Å². The number of amides is 1. The summed E-state index contributed by atoms with van der Waals surface area (Å²) in [5.74, 6) is 0.576. The summed E-state index contributed by atoms with van der Waals surface area (Å²) in [6.45, 7) is 1.94. The lowest BCUT2D eigenvalue weighted by Gasteiger charge is -2.05. The molecule has 0 aliphatic rings. The van der Waals surface area contributed by atoms with Crippen LogP contribution < -0.4 is 9.54 Å². The van der Waals surface area contributed by atoms with Gasteiger partial charge in [0.15, 0.2) is 4.80 Å². The Hall–Kier alpha value is -1.82. The van der Waals surface area contributed by atoms with Crippen LogP contribution >= 0.6 is 34.5 Å². The summed E-state index contributed by atoms with van der Waals surface area (Å²) in [6, 6.07) is 9.15. The van der Waals surface area contributed by atoms with Crippen LogP contribution in [0.3, 0.4) is 0 Å². The van der Waals surface area contributed by atoms with E-state index < -0.39 is 0 Å². The SMILES string of the molecule is COc1ccc(CC(=O)N=c2sc3c(Cl)ccc(Cl)c3n2C)cc1C. The van der Waals surface area contributed by atoms with Crippen molar-refractivity contribution >= 4 is 50.7 Å². The molecule has 1 heterocycles. The van der Waals surface area contributed by atoms with Crippen LogP contribution in [0.2, 0.25) is 10.0 Å². The molecule has 0 radical (unpaired) electrons. The van der Waals surface area contributed by atoms with Gasteiger partial charge < -0.3 is 9.30 Å². The highest BCUT2D eigenvalue weighted by atomic mass is 35.5. The first-order valence-electron chi connectivity index (χ1n) is 7.55. The first-order valence-corrected chi connectivity index (χ1v) is 9.12. The van der Waals surface area contributed by atoms with Gasteiger partial charge >= 0.3 is 0 Å². The van der Waals surface area contributed by atoms with Gasteiger partial charge in [-0.05, 0) is 36.2 Å². The number of hydrogen-bond donors (Lipinski definition) is 0. The van der Waals surface area contributed by atoms with Crippen LogP contribution in [-0.2, 0) is 18.3 Å². The van der Waals surface area contributed by atoms with E-state index in [2.05, 4.69) is 4.99 Å². The third kappa shape index (κ3) is 3.59. The van der Waals surface area contributed by atoms with Crippen molar-refractivity contribution in [2.45, 2.75) is 13.3 Å². The van der Waals surface area contributed by atoms with E-state index in [1.54, 1.807) is 23.8 Å². The predicted molar refractivity (Wildman–Crippen MR) is 103 cm³/mol. The lowest BCUT2D eigenvalue weighted by atomic mass is 10.1. The summed E-state index contributed by atoms with van der Waals surface area (Å²) in [4.78, 5) is 17.2. The highest BCUT2D eigenvalue weighted by Crippen LogP contribution is 2.31. The third-order valence-corrected chi connectivity index (χ3v) is 5.78. The Kier molecular flexibility index (Phi) is 5.18. The summed E-state index contributed by atoms with van der Waals surface area (Å²) >= 11 is 13.8. The number of fused-ring (bicyclic) bond motifs is 1. The molecule has 130 valence electrons. The number of hydrogen-bond acceptors (Lipinski definition) is 3.